The molecule has 0 radical (unpaired) electrons. The molecule has 1 fully saturated rings. The molecule has 1 heterocycles. The molecule has 0 aromatic heterocycles. The molecule has 1 amide bonds. The Bertz CT molecular complexity index is 179. The van der Waals surface area contributed by atoms with E-state index in [1.807, 2.05) is 4.90 Å². The average molecular weight is 170 g/mol. The molecule has 12 heavy (non-hydrogen) atoms. The number of likely N-dealkylation sites (tertiary alicyclic amines) is 1. The summed E-state index contributed by atoms with van der Waals surface area (Å²) < 4.78 is 0. The Morgan fingerprint density at radius 2 is 2.17 bits per heavy atom. The number of nitrogens with two attached hydrogens (primary N) is 1. The van der Waals surface area contributed by atoms with Crippen molar-refractivity contribution in [1.29, 1.82) is 0 Å². The van der Waals surface area contributed by atoms with Crippen molar-refractivity contribution in [3.05, 3.63) is 0 Å². The van der Waals surface area contributed by atoms with Gasteiger partial charge in [-0.1, -0.05) is 20.8 Å². The summed E-state index contributed by atoms with van der Waals surface area (Å²) in [6.45, 7) is 8.13. The molecule has 1 aliphatic heterocycles. The maximum atomic E-state index is 11.1. The summed E-state index contributed by atoms with van der Waals surface area (Å²) in [4.78, 5) is 13.0. The van der Waals surface area contributed by atoms with Gasteiger partial charge in [0.15, 0.2) is 0 Å². The summed E-state index contributed by atoms with van der Waals surface area (Å²) in [5.41, 5.74) is 5.47. The molecular formula is C9H18N2O. The summed E-state index contributed by atoms with van der Waals surface area (Å²) in [6, 6.07) is -0.218. The van der Waals surface area contributed by atoms with Crippen LogP contribution < -0.4 is 5.73 Å². The zero-order chi connectivity index (χ0) is 9.30. The molecule has 3 nitrogen and oxygen atoms in total. The molecule has 0 saturated carbocycles. The van der Waals surface area contributed by atoms with Crippen molar-refractivity contribution in [2.45, 2.75) is 26.8 Å². The normalized spacial score (nSPS) is 25.9. The van der Waals surface area contributed by atoms with E-state index in [9.17, 15) is 4.79 Å². The molecule has 3 heteroatoms. The van der Waals surface area contributed by atoms with Gasteiger partial charge in [0.2, 0.25) is 5.91 Å². The molecule has 1 rings (SSSR count). The van der Waals surface area contributed by atoms with Crippen molar-refractivity contribution in [1.82, 2.24) is 4.90 Å². The predicted molar refractivity (Wildman–Crippen MR) is 48.6 cm³/mol. The Hall–Kier alpha value is -0.570. The van der Waals surface area contributed by atoms with Gasteiger partial charge in [0, 0.05) is 13.1 Å². The fourth-order valence-electron chi connectivity index (χ4n) is 1.25. The minimum Gasteiger partial charge on any atom is -0.339 e. The number of carbonyl (C=O) groups is 1. The van der Waals surface area contributed by atoms with Crippen molar-refractivity contribution in [2.24, 2.45) is 17.6 Å². The van der Waals surface area contributed by atoms with E-state index in [1.54, 1.807) is 0 Å². The van der Waals surface area contributed by atoms with Crippen LogP contribution in [0.5, 0.6) is 0 Å². The van der Waals surface area contributed by atoms with Gasteiger partial charge in [-0.15, -0.1) is 0 Å². The van der Waals surface area contributed by atoms with Crippen molar-refractivity contribution in [3.8, 4) is 0 Å². The Kier molecular flexibility index (Phi) is 2.73. The van der Waals surface area contributed by atoms with Crippen molar-refractivity contribution in [2.75, 3.05) is 13.1 Å². The van der Waals surface area contributed by atoms with Crippen LogP contribution in [0, 0.1) is 11.8 Å². The van der Waals surface area contributed by atoms with Gasteiger partial charge in [0.1, 0.15) is 6.04 Å². The third-order valence-corrected chi connectivity index (χ3v) is 2.69. The van der Waals surface area contributed by atoms with Crippen molar-refractivity contribution in [3.63, 3.8) is 0 Å². The first-order valence-corrected chi connectivity index (χ1v) is 4.56. The SMILES string of the molecule is CC(C)C(C)CN1CC(N)C1=O. The maximum Gasteiger partial charge on any atom is 0.241 e. The van der Waals surface area contributed by atoms with E-state index < -0.39 is 0 Å². The molecule has 1 aliphatic rings. The van der Waals surface area contributed by atoms with Crippen LogP contribution in [0.1, 0.15) is 20.8 Å². The Morgan fingerprint density at radius 3 is 2.50 bits per heavy atom. The first-order valence-electron chi connectivity index (χ1n) is 4.56. The zero-order valence-corrected chi connectivity index (χ0v) is 8.08. The molecule has 0 aromatic carbocycles. The summed E-state index contributed by atoms with van der Waals surface area (Å²) >= 11 is 0. The van der Waals surface area contributed by atoms with Crippen LogP contribution in [0.3, 0.4) is 0 Å². The van der Waals surface area contributed by atoms with Gasteiger partial charge in [-0.25, -0.2) is 0 Å². The monoisotopic (exact) mass is 170 g/mol. The van der Waals surface area contributed by atoms with E-state index in [-0.39, 0.29) is 11.9 Å². The third kappa shape index (κ3) is 1.78. The molecule has 2 unspecified atom stereocenters. The van der Waals surface area contributed by atoms with Crippen molar-refractivity contribution >= 4 is 5.91 Å². The summed E-state index contributed by atoms with van der Waals surface area (Å²) in [7, 11) is 0. The lowest BCUT2D eigenvalue weighted by molar-refractivity contribution is -0.143. The van der Waals surface area contributed by atoms with E-state index in [1.165, 1.54) is 0 Å². The molecule has 0 bridgehead atoms. The Labute approximate surface area is 73.9 Å². The maximum absolute atomic E-state index is 11.1. The number of carbonyl (C=O) groups excluding carboxylic acids is 1. The van der Waals surface area contributed by atoms with Gasteiger partial charge in [-0.3, -0.25) is 4.79 Å². The largest absolute Gasteiger partial charge is 0.339 e. The summed E-state index contributed by atoms with van der Waals surface area (Å²) in [5.74, 6) is 1.32. The average Bonchev–Trinajstić information content (AvgIpc) is 2.03. The molecule has 2 atom stereocenters. The molecule has 0 aliphatic carbocycles. The first kappa shape index (κ1) is 9.52. The van der Waals surface area contributed by atoms with Crippen LogP contribution in [0.15, 0.2) is 0 Å². The second-order valence-electron chi connectivity index (χ2n) is 4.07. The Balaban J connectivity index is 2.29. The second-order valence-corrected chi connectivity index (χ2v) is 4.07. The minimum absolute atomic E-state index is 0.113. The Morgan fingerprint density at radius 1 is 1.58 bits per heavy atom. The quantitative estimate of drug-likeness (QED) is 0.625. The predicted octanol–water partition coefficient (Wildman–Crippen LogP) is 0.448. The van der Waals surface area contributed by atoms with Crippen LogP contribution >= 0.6 is 0 Å². The van der Waals surface area contributed by atoms with Crippen LogP contribution in [-0.2, 0) is 4.79 Å². The number of amides is 1. The van der Waals surface area contributed by atoms with Gasteiger partial charge in [0.05, 0.1) is 0 Å². The van der Waals surface area contributed by atoms with E-state index in [0.29, 0.717) is 11.8 Å². The van der Waals surface area contributed by atoms with Gasteiger partial charge >= 0.3 is 0 Å². The lowest BCUT2D eigenvalue weighted by Crippen LogP contribution is -2.61. The van der Waals surface area contributed by atoms with E-state index in [2.05, 4.69) is 20.8 Å². The van der Waals surface area contributed by atoms with E-state index in [0.717, 1.165) is 13.1 Å². The smallest absolute Gasteiger partial charge is 0.241 e. The standard InChI is InChI=1S/C9H18N2O/c1-6(2)7(3)4-11-5-8(10)9(11)12/h6-8H,4-5,10H2,1-3H3. The summed E-state index contributed by atoms with van der Waals surface area (Å²) in [6.07, 6.45) is 0. The third-order valence-electron chi connectivity index (χ3n) is 2.69. The molecule has 0 spiro atoms. The lowest BCUT2D eigenvalue weighted by atomic mass is 9.95. The first-order chi connectivity index (χ1) is 5.52. The van der Waals surface area contributed by atoms with E-state index >= 15 is 0 Å². The van der Waals surface area contributed by atoms with Gasteiger partial charge in [-0.2, -0.15) is 0 Å². The number of rotatable bonds is 3. The molecule has 0 aromatic rings. The fourth-order valence-corrected chi connectivity index (χ4v) is 1.25. The number of hydrogen-bond donors (Lipinski definition) is 1. The fraction of sp³-hybridized carbons (Fsp3) is 0.889. The molecular weight excluding hydrogens is 152 g/mol. The highest BCUT2D eigenvalue weighted by molar-refractivity contribution is 5.87. The molecule has 1 saturated heterocycles. The van der Waals surface area contributed by atoms with Gasteiger partial charge < -0.3 is 10.6 Å². The molecule has 2 N–H and O–H groups in total. The highest BCUT2D eigenvalue weighted by Gasteiger charge is 2.34. The number of hydrogen-bond acceptors (Lipinski definition) is 2. The van der Waals surface area contributed by atoms with Crippen molar-refractivity contribution < 1.29 is 4.79 Å². The molecule has 70 valence electrons. The van der Waals surface area contributed by atoms with Crippen LogP contribution in [0.2, 0.25) is 0 Å². The summed E-state index contributed by atoms with van der Waals surface area (Å²) in [5, 5.41) is 0. The second kappa shape index (κ2) is 3.44. The number of nitrogens with zero attached hydrogens (tertiary/aromatic N) is 1. The van der Waals surface area contributed by atoms with Crippen LogP contribution in [-0.4, -0.2) is 29.9 Å². The highest BCUT2D eigenvalue weighted by atomic mass is 16.2. The number of β-lactam (4-membered cyclic amide) rings is 1. The lowest BCUT2D eigenvalue weighted by Gasteiger charge is -2.38. The van der Waals surface area contributed by atoms with Gasteiger partial charge in [-0.05, 0) is 11.8 Å². The zero-order valence-electron chi connectivity index (χ0n) is 8.08. The van der Waals surface area contributed by atoms with E-state index in [4.69, 9.17) is 5.73 Å². The topological polar surface area (TPSA) is 46.3 Å². The van der Waals surface area contributed by atoms with Gasteiger partial charge in [0.25, 0.3) is 0 Å². The highest BCUT2D eigenvalue weighted by Crippen LogP contribution is 2.16. The van der Waals surface area contributed by atoms with Crippen LogP contribution in [0.25, 0.3) is 0 Å². The van der Waals surface area contributed by atoms with Crippen LogP contribution in [0.4, 0.5) is 0 Å². The minimum atomic E-state index is -0.218.